The van der Waals surface area contributed by atoms with Crippen LogP contribution in [0, 0.1) is 29.6 Å². The van der Waals surface area contributed by atoms with Gasteiger partial charge in [0.05, 0.1) is 0 Å². The van der Waals surface area contributed by atoms with Crippen LogP contribution in [-0.4, -0.2) is 20.0 Å². The molecule has 0 aromatic rings. The average Bonchev–Trinajstić information content (AvgIpc) is 2.41. The van der Waals surface area contributed by atoms with Crippen molar-refractivity contribution in [1.82, 2.24) is 0 Å². The zero-order valence-corrected chi connectivity index (χ0v) is 21.2. The molecule has 0 heterocycles. The summed E-state index contributed by atoms with van der Waals surface area (Å²) < 4.78 is 0.655. The fraction of sp³-hybridized carbons (Fsp3) is 1.00. The lowest BCUT2D eigenvalue weighted by Gasteiger charge is -2.43. The van der Waals surface area contributed by atoms with Crippen LogP contribution in [0.3, 0.4) is 0 Å². The van der Waals surface area contributed by atoms with Gasteiger partial charge in [-0.3, -0.25) is 0 Å². The summed E-state index contributed by atoms with van der Waals surface area (Å²) in [5, 5.41) is 1.43. The molecule has 3 unspecified atom stereocenters. The molecule has 0 amide bonds. The SMILES string of the molecule is CC(C)CC(SC(C)(C)C(C)C)C(SC(C)(C)C(C)C(C)C)C(C)C. The molecule has 0 aromatic carbocycles. The number of thioether (sulfide) groups is 2. The third-order valence-corrected chi connectivity index (χ3v) is 10.3. The summed E-state index contributed by atoms with van der Waals surface area (Å²) in [5.41, 5.74) is 0. The van der Waals surface area contributed by atoms with E-state index in [1.54, 1.807) is 0 Å². The van der Waals surface area contributed by atoms with Crippen LogP contribution in [0.4, 0.5) is 0 Å². The smallest absolute Gasteiger partial charge is 0.0195 e. The van der Waals surface area contributed by atoms with E-state index in [1.807, 2.05) is 0 Å². The van der Waals surface area contributed by atoms with Gasteiger partial charge in [-0.1, -0.05) is 90.0 Å². The van der Waals surface area contributed by atoms with Gasteiger partial charge in [0.15, 0.2) is 0 Å². The minimum Gasteiger partial charge on any atom is -0.151 e. The van der Waals surface area contributed by atoms with Crippen LogP contribution in [-0.2, 0) is 0 Å². The van der Waals surface area contributed by atoms with E-state index in [0.29, 0.717) is 26.6 Å². The summed E-state index contributed by atoms with van der Waals surface area (Å²) >= 11 is 4.53. The molecule has 2 heteroatoms. The highest BCUT2D eigenvalue weighted by atomic mass is 32.2. The van der Waals surface area contributed by atoms with E-state index in [0.717, 1.165) is 23.0 Å². The van der Waals surface area contributed by atoms with Gasteiger partial charge in [0.25, 0.3) is 0 Å². The summed E-state index contributed by atoms with van der Waals surface area (Å²) in [7, 11) is 0. The highest BCUT2D eigenvalue weighted by Gasteiger charge is 2.39. The summed E-state index contributed by atoms with van der Waals surface area (Å²) in [4.78, 5) is 0. The molecule has 0 N–H and O–H groups in total. The predicted octanol–water partition coefficient (Wildman–Crippen LogP) is 8.40. The van der Waals surface area contributed by atoms with Crippen LogP contribution in [0.15, 0.2) is 0 Å². The van der Waals surface area contributed by atoms with Gasteiger partial charge in [-0.2, -0.15) is 23.5 Å². The summed E-state index contributed by atoms with van der Waals surface area (Å²) in [5.74, 6) is 3.63. The van der Waals surface area contributed by atoms with E-state index in [4.69, 9.17) is 0 Å². The molecule has 0 aliphatic rings. The molecule has 0 aliphatic carbocycles. The molecule has 152 valence electrons. The lowest BCUT2D eigenvalue weighted by molar-refractivity contribution is 0.343. The Balaban J connectivity index is 5.56. The maximum absolute atomic E-state index is 2.47. The van der Waals surface area contributed by atoms with Crippen molar-refractivity contribution in [1.29, 1.82) is 0 Å². The van der Waals surface area contributed by atoms with Crippen LogP contribution >= 0.6 is 23.5 Å². The fourth-order valence-electron chi connectivity index (χ4n) is 3.14. The quantitative estimate of drug-likeness (QED) is 0.348. The molecular weight excluding hydrogens is 340 g/mol. The lowest BCUT2D eigenvalue weighted by Crippen LogP contribution is -2.39. The summed E-state index contributed by atoms with van der Waals surface area (Å²) in [6.07, 6.45) is 1.32. The minimum atomic E-state index is 0.320. The number of hydrogen-bond acceptors (Lipinski definition) is 2. The lowest BCUT2D eigenvalue weighted by atomic mass is 9.87. The summed E-state index contributed by atoms with van der Waals surface area (Å²) in [6, 6.07) is 0. The largest absolute Gasteiger partial charge is 0.151 e. The molecule has 0 nitrogen and oxygen atoms in total. The summed E-state index contributed by atoms with van der Waals surface area (Å²) in [6.45, 7) is 31.4. The van der Waals surface area contributed by atoms with E-state index in [-0.39, 0.29) is 0 Å². The van der Waals surface area contributed by atoms with E-state index >= 15 is 0 Å². The Labute approximate surface area is 169 Å². The minimum absolute atomic E-state index is 0.320. The van der Waals surface area contributed by atoms with Crippen molar-refractivity contribution in [3.63, 3.8) is 0 Å². The van der Waals surface area contributed by atoms with Crippen LogP contribution in [0.1, 0.15) is 96.4 Å². The van der Waals surface area contributed by atoms with Crippen molar-refractivity contribution in [2.45, 2.75) is 116 Å². The maximum atomic E-state index is 2.47. The first-order valence-corrected chi connectivity index (χ1v) is 12.2. The van der Waals surface area contributed by atoms with Crippen molar-refractivity contribution in [2.24, 2.45) is 29.6 Å². The molecule has 0 saturated heterocycles. The van der Waals surface area contributed by atoms with Crippen LogP contribution in [0.5, 0.6) is 0 Å². The highest BCUT2D eigenvalue weighted by molar-refractivity contribution is 8.05. The molecule has 0 radical (unpaired) electrons. The standard InChI is InChI=1S/C23H48S2/c1-15(2)14-20(24-22(10,11)18(7)8)21(17(5)6)25-23(12,13)19(9)16(3)4/h15-21H,14H2,1-13H3. The van der Waals surface area contributed by atoms with Gasteiger partial charge in [0.1, 0.15) is 0 Å². The molecule has 0 aliphatic heterocycles. The fourth-order valence-corrected chi connectivity index (χ4v) is 7.18. The second-order valence-corrected chi connectivity index (χ2v) is 14.2. The third kappa shape index (κ3) is 8.50. The Morgan fingerprint density at radius 1 is 0.640 bits per heavy atom. The van der Waals surface area contributed by atoms with Gasteiger partial charge < -0.3 is 0 Å². The highest BCUT2D eigenvalue weighted by Crippen LogP contribution is 2.48. The second-order valence-electron chi connectivity index (χ2n) is 10.5. The van der Waals surface area contributed by atoms with Gasteiger partial charge in [0.2, 0.25) is 0 Å². The molecule has 0 fully saturated rings. The molecular formula is C23H48S2. The van der Waals surface area contributed by atoms with E-state index in [2.05, 4.69) is 114 Å². The first kappa shape index (κ1) is 25.7. The van der Waals surface area contributed by atoms with Gasteiger partial charge in [-0.15, -0.1) is 0 Å². The van der Waals surface area contributed by atoms with E-state index in [9.17, 15) is 0 Å². The molecule has 0 rings (SSSR count). The van der Waals surface area contributed by atoms with Crippen molar-refractivity contribution >= 4 is 23.5 Å². The number of rotatable bonds is 11. The van der Waals surface area contributed by atoms with Crippen molar-refractivity contribution < 1.29 is 0 Å². The Bertz CT molecular complexity index is 366. The molecule has 0 saturated carbocycles. The zero-order chi connectivity index (χ0) is 20.2. The van der Waals surface area contributed by atoms with Crippen LogP contribution in [0.2, 0.25) is 0 Å². The Morgan fingerprint density at radius 3 is 1.44 bits per heavy atom. The molecule has 0 aromatic heterocycles. The van der Waals surface area contributed by atoms with Crippen LogP contribution < -0.4 is 0 Å². The Hall–Kier alpha value is 0.700. The predicted molar refractivity (Wildman–Crippen MR) is 124 cm³/mol. The zero-order valence-electron chi connectivity index (χ0n) is 19.6. The average molecular weight is 389 g/mol. The Kier molecular flexibility index (Phi) is 10.6. The second kappa shape index (κ2) is 10.3. The van der Waals surface area contributed by atoms with Crippen LogP contribution in [0.25, 0.3) is 0 Å². The topological polar surface area (TPSA) is 0 Å². The molecule has 0 bridgehead atoms. The maximum Gasteiger partial charge on any atom is 0.0195 e. The molecule has 25 heavy (non-hydrogen) atoms. The van der Waals surface area contributed by atoms with Gasteiger partial charge in [0, 0.05) is 20.0 Å². The van der Waals surface area contributed by atoms with Crippen molar-refractivity contribution in [3.8, 4) is 0 Å². The van der Waals surface area contributed by atoms with Gasteiger partial charge in [-0.25, -0.2) is 0 Å². The normalized spacial score (nSPS) is 17.6. The van der Waals surface area contributed by atoms with Gasteiger partial charge in [-0.05, 0) is 36.0 Å². The van der Waals surface area contributed by atoms with Crippen molar-refractivity contribution in [2.75, 3.05) is 0 Å². The van der Waals surface area contributed by atoms with E-state index < -0.39 is 0 Å². The van der Waals surface area contributed by atoms with E-state index in [1.165, 1.54) is 6.42 Å². The third-order valence-electron chi connectivity index (χ3n) is 6.11. The van der Waals surface area contributed by atoms with Gasteiger partial charge >= 0.3 is 0 Å². The van der Waals surface area contributed by atoms with Crippen molar-refractivity contribution in [3.05, 3.63) is 0 Å². The number of hydrogen-bond donors (Lipinski definition) is 0. The first-order valence-electron chi connectivity index (χ1n) is 10.5. The first-order chi connectivity index (χ1) is 11.1. The molecule has 3 atom stereocenters. The molecule has 0 spiro atoms. The monoisotopic (exact) mass is 388 g/mol. The Morgan fingerprint density at radius 2 is 1.12 bits per heavy atom.